The van der Waals surface area contributed by atoms with E-state index in [9.17, 15) is 9.50 Å². The summed E-state index contributed by atoms with van der Waals surface area (Å²) in [6, 6.07) is 5.82. The first-order valence-electron chi connectivity index (χ1n) is 4.28. The minimum Gasteiger partial charge on any atom is -0.388 e. The second kappa shape index (κ2) is 4.35. The van der Waals surface area contributed by atoms with E-state index < -0.39 is 6.10 Å². The fourth-order valence-corrected chi connectivity index (χ4v) is 1.12. The van der Waals surface area contributed by atoms with Gasteiger partial charge in [-0.2, -0.15) is 0 Å². The van der Waals surface area contributed by atoms with Crippen LogP contribution in [0.15, 0.2) is 24.3 Å². The number of rotatable bonds is 3. The molecule has 13 heavy (non-hydrogen) atoms. The third kappa shape index (κ3) is 2.50. The first-order chi connectivity index (χ1) is 6.15. The molecule has 0 saturated carbocycles. The summed E-state index contributed by atoms with van der Waals surface area (Å²) in [4.78, 5) is 0. The molecule has 0 bridgehead atoms. The van der Waals surface area contributed by atoms with Crippen molar-refractivity contribution in [3.05, 3.63) is 35.6 Å². The average Bonchev–Trinajstić information content (AvgIpc) is 2.17. The van der Waals surface area contributed by atoms with Gasteiger partial charge in [0.1, 0.15) is 5.82 Å². The average molecular weight is 183 g/mol. The first kappa shape index (κ1) is 10.2. The Morgan fingerprint density at radius 2 is 1.92 bits per heavy atom. The van der Waals surface area contributed by atoms with E-state index in [1.165, 1.54) is 12.1 Å². The summed E-state index contributed by atoms with van der Waals surface area (Å²) in [5.41, 5.74) is 6.11. The highest BCUT2D eigenvalue weighted by molar-refractivity contribution is 5.18. The zero-order valence-corrected chi connectivity index (χ0v) is 7.57. The number of nitrogens with two attached hydrogens (primary N) is 1. The van der Waals surface area contributed by atoms with E-state index in [4.69, 9.17) is 5.73 Å². The van der Waals surface area contributed by atoms with E-state index in [0.717, 1.165) is 0 Å². The van der Waals surface area contributed by atoms with E-state index in [1.54, 1.807) is 12.1 Å². The molecule has 3 heteroatoms. The van der Waals surface area contributed by atoms with Gasteiger partial charge in [-0.1, -0.05) is 19.1 Å². The molecule has 0 saturated heterocycles. The van der Waals surface area contributed by atoms with Crippen LogP contribution in [0.3, 0.4) is 0 Å². The SMILES string of the molecule is CC(CN)C(O)c1ccc(F)cc1. The molecule has 1 aromatic rings. The fourth-order valence-electron chi connectivity index (χ4n) is 1.12. The molecule has 0 fully saturated rings. The van der Waals surface area contributed by atoms with Crippen LogP contribution >= 0.6 is 0 Å². The molecule has 2 atom stereocenters. The number of benzene rings is 1. The molecule has 0 spiro atoms. The molecular weight excluding hydrogens is 169 g/mol. The summed E-state index contributed by atoms with van der Waals surface area (Å²) in [5.74, 6) is -0.304. The monoisotopic (exact) mass is 183 g/mol. The summed E-state index contributed by atoms with van der Waals surface area (Å²) in [6.45, 7) is 2.27. The lowest BCUT2D eigenvalue weighted by Gasteiger charge is -2.16. The molecular formula is C10H14FNO. The standard InChI is InChI=1S/C10H14FNO/c1-7(6-12)10(13)8-2-4-9(11)5-3-8/h2-5,7,10,13H,6,12H2,1H3. The van der Waals surface area contributed by atoms with Crippen LogP contribution in [0.2, 0.25) is 0 Å². The number of hydrogen-bond acceptors (Lipinski definition) is 2. The van der Waals surface area contributed by atoms with Crippen molar-refractivity contribution in [2.24, 2.45) is 11.7 Å². The molecule has 2 unspecified atom stereocenters. The lowest BCUT2D eigenvalue weighted by Crippen LogP contribution is -2.18. The van der Waals surface area contributed by atoms with Crippen molar-refractivity contribution < 1.29 is 9.50 Å². The van der Waals surface area contributed by atoms with Gasteiger partial charge in [0.15, 0.2) is 0 Å². The molecule has 1 aromatic carbocycles. The van der Waals surface area contributed by atoms with Crippen LogP contribution in [0, 0.1) is 11.7 Å². The Morgan fingerprint density at radius 3 is 2.38 bits per heavy atom. The number of hydrogen-bond donors (Lipinski definition) is 2. The van der Waals surface area contributed by atoms with Gasteiger partial charge >= 0.3 is 0 Å². The van der Waals surface area contributed by atoms with Gasteiger partial charge in [-0.25, -0.2) is 4.39 Å². The molecule has 72 valence electrons. The molecule has 0 amide bonds. The second-order valence-electron chi connectivity index (χ2n) is 3.21. The smallest absolute Gasteiger partial charge is 0.123 e. The summed E-state index contributed by atoms with van der Waals surface area (Å²) >= 11 is 0. The number of aliphatic hydroxyl groups excluding tert-OH is 1. The molecule has 0 heterocycles. The van der Waals surface area contributed by atoms with Crippen LogP contribution in [-0.4, -0.2) is 11.7 Å². The van der Waals surface area contributed by atoms with E-state index in [0.29, 0.717) is 12.1 Å². The Hall–Kier alpha value is -0.930. The largest absolute Gasteiger partial charge is 0.388 e. The zero-order chi connectivity index (χ0) is 9.84. The second-order valence-corrected chi connectivity index (χ2v) is 3.21. The molecule has 0 aliphatic rings. The minimum absolute atomic E-state index is 0.00883. The van der Waals surface area contributed by atoms with Crippen LogP contribution in [0.1, 0.15) is 18.6 Å². The zero-order valence-electron chi connectivity index (χ0n) is 7.57. The van der Waals surface area contributed by atoms with Gasteiger partial charge in [0, 0.05) is 0 Å². The van der Waals surface area contributed by atoms with Crippen molar-refractivity contribution >= 4 is 0 Å². The van der Waals surface area contributed by atoms with Gasteiger partial charge in [0.05, 0.1) is 6.10 Å². The van der Waals surface area contributed by atoms with E-state index in [2.05, 4.69) is 0 Å². The Balaban J connectivity index is 2.77. The molecule has 0 aromatic heterocycles. The van der Waals surface area contributed by atoms with Crippen LogP contribution in [0.25, 0.3) is 0 Å². The van der Waals surface area contributed by atoms with Crippen LogP contribution in [0.4, 0.5) is 4.39 Å². The van der Waals surface area contributed by atoms with E-state index >= 15 is 0 Å². The normalized spacial score (nSPS) is 15.4. The Morgan fingerprint density at radius 1 is 1.38 bits per heavy atom. The maximum absolute atomic E-state index is 12.5. The highest BCUT2D eigenvalue weighted by Crippen LogP contribution is 2.20. The molecule has 0 aliphatic carbocycles. The number of halogens is 1. The Kier molecular flexibility index (Phi) is 3.39. The van der Waals surface area contributed by atoms with E-state index in [1.807, 2.05) is 6.92 Å². The maximum Gasteiger partial charge on any atom is 0.123 e. The fraction of sp³-hybridized carbons (Fsp3) is 0.400. The van der Waals surface area contributed by atoms with Gasteiger partial charge in [-0.05, 0) is 30.2 Å². The predicted octanol–water partition coefficient (Wildman–Crippen LogP) is 1.45. The molecule has 3 N–H and O–H groups in total. The minimum atomic E-state index is -0.606. The van der Waals surface area contributed by atoms with Gasteiger partial charge in [0.25, 0.3) is 0 Å². The van der Waals surface area contributed by atoms with Crippen LogP contribution < -0.4 is 5.73 Å². The molecule has 2 nitrogen and oxygen atoms in total. The first-order valence-corrected chi connectivity index (χ1v) is 4.28. The Bertz CT molecular complexity index is 260. The van der Waals surface area contributed by atoms with Gasteiger partial charge in [0.2, 0.25) is 0 Å². The summed E-state index contributed by atoms with van der Waals surface area (Å²) in [5, 5.41) is 9.68. The molecule has 0 aliphatic heterocycles. The highest BCUT2D eigenvalue weighted by atomic mass is 19.1. The van der Waals surface area contributed by atoms with Crippen LogP contribution in [-0.2, 0) is 0 Å². The lowest BCUT2D eigenvalue weighted by atomic mass is 9.98. The lowest BCUT2D eigenvalue weighted by molar-refractivity contribution is 0.121. The van der Waals surface area contributed by atoms with Gasteiger partial charge < -0.3 is 10.8 Å². The molecule has 0 radical (unpaired) electrons. The van der Waals surface area contributed by atoms with Crippen molar-refractivity contribution in [3.8, 4) is 0 Å². The topological polar surface area (TPSA) is 46.2 Å². The van der Waals surface area contributed by atoms with Crippen molar-refractivity contribution in [2.75, 3.05) is 6.54 Å². The number of aliphatic hydroxyl groups is 1. The van der Waals surface area contributed by atoms with Gasteiger partial charge in [-0.3, -0.25) is 0 Å². The third-order valence-corrected chi connectivity index (χ3v) is 2.12. The predicted molar refractivity (Wildman–Crippen MR) is 49.6 cm³/mol. The summed E-state index contributed by atoms with van der Waals surface area (Å²) in [7, 11) is 0. The third-order valence-electron chi connectivity index (χ3n) is 2.12. The van der Waals surface area contributed by atoms with Gasteiger partial charge in [-0.15, -0.1) is 0 Å². The van der Waals surface area contributed by atoms with Crippen molar-refractivity contribution in [3.63, 3.8) is 0 Å². The summed E-state index contributed by atoms with van der Waals surface area (Å²) in [6.07, 6.45) is -0.606. The maximum atomic E-state index is 12.5. The van der Waals surface area contributed by atoms with Crippen molar-refractivity contribution in [2.45, 2.75) is 13.0 Å². The Labute approximate surface area is 77.2 Å². The summed E-state index contributed by atoms with van der Waals surface area (Å²) < 4.78 is 12.5. The van der Waals surface area contributed by atoms with Crippen LogP contribution in [0.5, 0.6) is 0 Å². The van der Waals surface area contributed by atoms with Crippen molar-refractivity contribution in [1.82, 2.24) is 0 Å². The van der Waals surface area contributed by atoms with Crippen molar-refractivity contribution in [1.29, 1.82) is 0 Å². The highest BCUT2D eigenvalue weighted by Gasteiger charge is 2.14. The quantitative estimate of drug-likeness (QED) is 0.745. The van der Waals surface area contributed by atoms with E-state index in [-0.39, 0.29) is 11.7 Å². The molecule has 1 rings (SSSR count).